The van der Waals surface area contributed by atoms with Gasteiger partial charge in [-0.15, -0.1) is 0 Å². The van der Waals surface area contributed by atoms with Gasteiger partial charge in [0.2, 0.25) is 0 Å². The Balaban J connectivity index is -0.000000441. The summed E-state index contributed by atoms with van der Waals surface area (Å²) in [6, 6.07) is 0. The molecule has 0 spiro atoms. The van der Waals surface area contributed by atoms with E-state index in [0.717, 1.165) is 0 Å². The summed E-state index contributed by atoms with van der Waals surface area (Å²) < 4.78 is 42.7. The van der Waals surface area contributed by atoms with Crippen molar-refractivity contribution >= 4 is 30.4 Å². The molecule has 0 saturated heterocycles. The Morgan fingerprint density at radius 1 is 0.429 bits per heavy atom. The first kappa shape index (κ1) is 45.0. The van der Waals surface area contributed by atoms with Gasteiger partial charge in [0.05, 0.1) is 0 Å². The van der Waals surface area contributed by atoms with Crippen LogP contribution in [0.15, 0.2) is 0 Å². The van der Waals surface area contributed by atoms with Crippen molar-refractivity contribution in [1.29, 1.82) is 0 Å². The Morgan fingerprint density at radius 2 is 0.571 bits per heavy atom. The summed E-state index contributed by atoms with van der Waals surface area (Å²) in [5.41, 5.74) is 0. The maximum Gasteiger partial charge on any atom is 1.00 e. The fourth-order valence-electron chi connectivity index (χ4n) is 1.63. The van der Waals surface area contributed by atoms with Crippen molar-refractivity contribution < 1.29 is 263 Å². The average Bonchev–Trinajstić information content (AvgIpc) is 2.16. The molecule has 0 bridgehead atoms. The zero-order valence-corrected chi connectivity index (χ0v) is 31.9. The summed E-state index contributed by atoms with van der Waals surface area (Å²) in [6.07, 6.45) is -5.63. The van der Waals surface area contributed by atoms with Crippen molar-refractivity contribution in [3.05, 3.63) is 0 Å². The molecular formula is C6H12K4N2O12P4-4. The SMILES string of the molecule is O=P([O-])([O-])CN(CCN(CP(=O)([O-])[O-])CP(=O)([O-])[O-])CP(=O)([O-])[O-].[K+].[K+].[K+].[K+]. The Bertz CT molecular complexity index is 503. The van der Waals surface area contributed by atoms with Gasteiger partial charge in [0.1, 0.15) is 0 Å². The van der Waals surface area contributed by atoms with Crippen LogP contribution in [0.4, 0.5) is 0 Å². The van der Waals surface area contributed by atoms with Crippen LogP contribution in [-0.4, -0.2) is 48.0 Å². The third-order valence-electron chi connectivity index (χ3n) is 2.23. The van der Waals surface area contributed by atoms with E-state index in [1.807, 2.05) is 0 Å². The van der Waals surface area contributed by atoms with Crippen LogP contribution in [0.2, 0.25) is 0 Å². The number of hydrogen-bond donors (Lipinski definition) is 0. The summed E-state index contributed by atoms with van der Waals surface area (Å²) in [5.74, 6) is 0. The maximum absolute atomic E-state index is 10.7. The van der Waals surface area contributed by atoms with Gasteiger partial charge in [0.15, 0.2) is 0 Å². The van der Waals surface area contributed by atoms with Crippen LogP contribution in [0.25, 0.3) is 0 Å². The molecule has 0 aliphatic rings. The third kappa shape index (κ3) is 33.1. The second-order valence-electron chi connectivity index (χ2n) is 4.80. The molecule has 0 aromatic carbocycles. The molecule has 28 heavy (non-hydrogen) atoms. The standard InChI is InChI=1S/C6H20N2O12P4.4K/c9-21(10,11)3-7(4-22(12,13)14)1-2-8(5-23(15,16)17)6-24(18,19)20;;;;/h1-6H2,(H2,9,10,11)(H2,12,13,14)(H2,15,16,17)(H2,18,19,20);;;;/q;4*+1/p-8. The van der Waals surface area contributed by atoms with Crippen LogP contribution in [0.1, 0.15) is 0 Å². The molecule has 0 aliphatic carbocycles. The molecular weight excluding hydrogens is 572 g/mol. The van der Waals surface area contributed by atoms with Crippen molar-refractivity contribution in [2.24, 2.45) is 0 Å². The summed E-state index contributed by atoms with van der Waals surface area (Å²) in [6.45, 7) is -1.55. The Labute approximate surface area is 332 Å². The average molecular weight is 584 g/mol. The van der Waals surface area contributed by atoms with Crippen LogP contribution in [0.5, 0.6) is 0 Å². The van der Waals surface area contributed by atoms with Crippen molar-refractivity contribution in [2.75, 3.05) is 38.2 Å². The minimum Gasteiger partial charge on any atom is -0.810 e. The van der Waals surface area contributed by atoms with Gasteiger partial charge in [0.25, 0.3) is 0 Å². The summed E-state index contributed by atoms with van der Waals surface area (Å²) >= 11 is 0. The topological polar surface area (TPSA) is 259 Å². The van der Waals surface area contributed by atoms with Crippen LogP contribution in [-0.2, 0) is 18.3 Å². The van der Waals surface area contributed by atoms with Crippen molar-refractivity contribution in [2.45, 2.75) is 0 Å². The van der Waals surface area contributed by atoms with E-state index in [1.165, 1.54) is 0 Å². The summed E-state index contributed by atoms with van der Waals surface area (Å²) in [7, 11) is -21.2. The van der Waals surface area contributed by atoms with Gasteiger partial charge in [-0.05, 0) is 0 Å². The first-order valence-electron chi connectivity index (χ1n) is 5.85. The van der Waals surface area contributed by atoms with Crippen molar-refractivity contribution in [3.8, 4) is 0 Å². The molecule has 0 fully saturated rings. The first-order valence-corrected chi connectivity index (χ1v) is 12.8. The van der Waals surface area contributed by atoms with Gasteiger partial charge >= 0.3 is 206 Å². The second-order valence-corrected chi connectivity index (χ2v) is 10.8. The van der Waals surface area contributed by atoms with E-state index in [1.54, 1.807) is 0 Å². The van der Waals surface area contributed by atoms with E-state index >= 15 is 0 Å². The van der Waals surface area contributed by atoms with Gasteiger partial charge in [-0.3, -0.25) is 9.80 Å². The predicted molar refractivity (Wildman–Crippen MR) is 63.3 cm³/mol. The molecule has 146 valence electrons. The first-order chi connectivity index (χ1) is 10.4. The van der Waals surface area contributed by atoms with Gasteiger partial charge in [-0.25, -0.2) is 0 Å². The third-order valence-corrected chi connectivity index (χ3v) is 5.21. The van der Waals surface area contributed by atoms with Crippen LogP contribution < -0.4 is 245 Å². The number of hydrogen-bond acceptors (Lipinski definition) is 14. The van der Waals surface area contributed by atoms with Gasteiger partial charge < -0.3 is 57.4 Å². The van der Waals surface area contributed by atoms with Crippen molar-refractivity contribution in [1.82, 2.24) is 9.80 Å². The maximum atomic E-state index is 10.7. The molecule has 22 heteroatoms. The molecule has 0 atom stereocenters. The fourth-order valence-corrected chi connectivity index (χ4v) is 4.88. The van der Waals surface area contributed by atoms with Crippen molar-refractivity contribution in [3.63, 3.8) is 0 Å². The Kier molecular flexibility index (Phi) is 32.3. The molecule has 0 heterocycles. The van der Waals surface area contributed by atoms with E-state index < -0.39 is 68.6 Å². The second kappa shape index (κ2) is 20.1. The molecule has 0 rings (SSSR count). The number of nitrogens with zero attached hydrogens (tertiary/aromatic N) is 2. The molecule has 0 amide bonds. The molecule has 0 radical (unpaired) electrons. The monoisotopic (exact) mass is 584 g/mol. The largest absolute Gasteiger partial charge is 1.00 e. The van der Waals surface area contributed by atoms with Gasteiger partial charge in [-0.2, -0.15) is 0 Å². The molecule has 14 nitrogen and oxygen atoms in total. The van der Waals surface area contributed by atoms with E-state index in [9.17, 15) is 57.4 Å². The predicted octanol–water partition coefficient (Wildman–Crippen LogP) is -18.9. The molecule has 0 aromatic rings. The smallest absolute Gasteiger partial charge is 0.810 e. The van der Waals surface area contributed by atoms with E-state index in [4.69, 9.17) is 0 Å². The Morgan fingerprint density at radius 3 is 0.679 bits per heavy atom. The molecule has 0 aliphatic heterocycles. The van der Waals surface area contributed by atoms with Gasteiger partial charge in [0, 0.05) is 38.2 Å². The summed E-state index contributed by atoms with van der Waals surface area (Å²) in [5, 5.41) is 0. The summed E-state index contributed by atoms with van der Waals surface area (Å²) in [4.78, 5) is 85.9. The normalized spacial score (nSPS) is 12.5. The molecule has 0 aromatic heterocycles. The number of rotatable bonds is 11. The quantitative estimate of drug-likeness (QED) is 0.161. The minimum absolute atomic E-state index is 0. The Hall–Kier alpha value is 7.07. The molecule has 0 unspecified atom stereocenters. The van der Waals surface area contributed by atoms with E-state index in [2.05, 4.69) is 0 Å². The van der Waals surface area contributed by atoms with E-state index in [0.29, 0.717) is 9.80 Å². The van der Waals surface area contributed by atoms with Gasteiger partial charge in [-0.1, -0.05) is 30.4 Å². The van der Waals surface area contributed by atoms with E-state index in [-0.39, 0.29) is 206 Å². The fraction of sp³-hybridized carbons (Fsp3) is 1.00. The molecule has 0 N–H and O–H groups in total. The minimum atomic E-state index is -5.30. The zero-order chi connectivity index (χ0) is 19.4. The zero-order valence-electron chi connectivity index (χ0n) is 15.8. The van der Waals surface area contributed by atoms with Crippen LogP contribution in [0.3, 0.4) is 0 Å². The molecule has 0 saturated carbocycles. The van der Waals surface area contributed by atoms with Crippen LogP contribution >= 0.6 is 30.4 Å². The van der Waals surface area contributed by atoms with Crippen LogP contribution in [0, 0.1) is 0 Å².